The molecule has 0 unspecified atom stereocenters. The van der Waals surface area contributed by atoms with Crippen LogP contribution in [0, 0.1) is 0 Å². The zero-order valence-electron chi connectivity index (χ0n) is 16.8. The second kappa shape index (κ2) is 10.1. The summed E-state index contributed by atoms with van der Waals surface area (Å²) in [6.07, 6.45) is 3.47. The fourth-order valence-corrected chi connectivity index (χ4v) is 2.71. The number of hydrogen-bond donors (Lipinski definition) is 1. The van der Waals surface area contributed by atoms with Gasteiger partial charge >= 0.3 is 5.97 Å². The highest BCUT2D eigenvalue weighted by Crippen LogP contribution is 2.30. The predicted octanol–water partition coefficient (Wildman–Crippen LogP) is 3.47. The van der Waals surface area contributed by atoms with E-state index in [4.69, 9.17) is 14.2 Å². The maximum Gasteiger partial charge on any atom is 0.338 e. The van der Waals surface area contributed by atoms with E-state index < -0.39 is 18.5 Å². The van der Waals surface area contributed by atoms with Crippen molar-refractivity contribution in [2.24, 2.45) is 0 Å². The summed E-state index contributed by atoms with van der Waals surface area (Å²) in [7, 11) is 0. The van der Waals surface area contributed by atoms with Gasteiger partial charge in [0.15, 0.2) is 18.1 Å². The molecule has 3 aromatic rings. The minimum atomic E-state index is -0.584. The number of anilines is 1. The van der Waals surface area contributed by atoms with E-state index >= 15 is 0 Å². The summed E-state index contributed by atoms with van der Waals surface area (Å²) < 4.78 is 17.8. The highest BCUT2D eigenvalue weighted by Gasteiger charge is 2.12. The van der Waals surface area contributed by atoms with Crippen molar-refractivity contribution in [3.05, 3.63) is 66.5 Å². The highest BCUT2D eigenvalue weighted by atomic mass is 16.5. The molecule has 1 N–H and O–H groups in total. The summed E-state index contributed by atoms with van der Waals surface area (Å²) in [5.41, 5.74) is 1.68. The molecule has 0 saturated heterocycles. The van der Waals surface area contributed by atoms with Crippen molar-refractivity contribution in [2.45, 2.75) is 13.8 Å². The number of esters is 1. The second-order valence-electron chi connectivity index (χ2n) is 6.15. The van der Waals surface area contributed by atoms with Crippen LogP contribution in [0.25, 0.3) is 5.69 Å². The van der Waals surface area contributed by atoms with Gasteiger partial charge in [-0.05, 0) is 56.3 Å². The van der Waals surface area contributed by atoms with Gasteiger partial charge in [-0.2, -0.15) is 5.10 Å². The van der Waals surface area contributed by atoms with Crippen LogP contribution >= 0.6 is 0 Å². The normalized spacial score (nSPS) is 10.3. The highest BCUT2D eigenvalue weighted by molar-refractivity contribution is 5.95. The molecule has 30 heavy (non-hydrogen) atoms. The van der Waals surface area contributed by atoms with Gasteiger partial charge in [-0.3, -0.25) is 4.79 Å². The summed E-state index contributed by atoms with van der Waals surface area (Å²) in [6, 6.07) is 13.6. The zero-order chi connectivity index (χ0) is 21.3. The first-order valence-corrected chi connectivity index (χ1v) is 9.57. The third-order valence-corrected chi connectivity index (χ3v) is 4.03. The van der Waals surface area contributed by atoms with E-state index in [-0.39, 0.29) is 0 Å². The molecule has 0 aliphatic rings. The molecule has 0 bridgehead atoms. The van der Waals surface area contributed by atoms with E-state index in [1.165, 1.54) is 0 Å². The first kappa shape index (κ1) is 20.9. The molecule has 0 aliphatic carbocycles. The SMILES string of the molecule is CCOc1ccc(NC(=O)COC(=O)c2ccc(-n3cccn3)cc2)cc1OCC. The van der Waals surface area contributed by atoms with E-state index in [1.54, 1.807) is 59.5 Å². The summed E-state index contributed by atoms with van der Waals surface area (Å²) in [5.74, 6) is 0.0933. The van der Waals surface area contributed by atoms with Crippen molar-refractivity contribution in [1.29, 1.82) is 0 Å². The third kappa shape index (κ3) is 5.38. The van der Waals surface area contributed by atoms with Crippen LogP contribution in [0.15, 0.2) is 60.9 Å². The van der Waals surface area contributed by atoms with Gasteiger partial charge in [-0.15, -0.1) is 0 Å². The number of aromatic nitrogens is 2. The maximum atomic E-state index is 12.2. The Morgan fingerprint density at radius 2 is 1.73 bits per heavy atom. The minimum Gasteiger partial charge on any atom is -0.490 e. The van der Waals surface area contributed by atoms with Crippen LogP contribution in [-0.2, 0) is 9.53 Å². The monoisotopic (exact) mass is 409 g/mol. The lowest BCUT2D eigenvalue weighted by atomic mass is 10.2. The Bertz CT molecular complexity index is 985. The molecule has 8 nitrogen and oxygen atoms in total. The molecule has 0 spiro atoms. The smallest absolute Gasteiger partial charge is 0.338 e. The van der Waals surface area contributed by atoms with Crippen LogP contribution in [-0.4, -0.2) is 41.5 Å². The Hall–Kier alpha value is -3.81. The van der Waals surface area contributed by atoms with Gasteiger partial charge in [0.2, 0.25) is 0 Å². The van der Waals surface area contributed by atoms with Crippen molar-refractivity contribution in [1.82, 2.24) is 9.78 Å². The predicted molar refractivity (Wildman–Crippen MR) is 111 cm³/mol. The molecule has 0 aliphatic heterocycles. The lowest BCUT2D eigenvalue weighted by Crippen LogP contribution is -2.21. The fraction of sp³-hybridized carbons (Fsp3) is 0.227. The molecule has 0 fully saturated rings. The Balaban J connectivity index is 1.55. The van der Waals surface area contributed by atoms with Gasteiger partial charge < -0.3 is 19.5 Å². The Kier molecular flexibility index (Phi) is 7.05. The fourth-order valence-electron chi connectivity index (χ4n) is 2.71. The van der Waals surface area contributed by atoms with E-state index in [9.17, 15) is 9.59 Å². The molecule has 2 aromatic carbocycles. The Labute approximate surface area is 174 Å². The molecule has 0 saturated carbocycles. The van der Waals surface area contributed by atoms with Crippen molar-refractivity contribution in [2.75, 3.05) is 25.1 Å². The number of carbonyl (C=O) groups is 2. The molecule has 1 amide bonds. The van der Waals surface area contributed by atoms with Crippen molar-refractivity contribution >= 4 is 17.6 Å². The van der Waals surface area contributed by atoms with Crippen LogP contribution in [0.4, 0.5) is 5.69 Å². The minimum absolute atomic E-state index is 0.346. The molecule has 156 valence electrons. The number of nitrogens with one attached hydrogen (secondary N) is 1. The first-order valence-electron chi connectivity index (χ1n) is 9.57. The van der Waals surface area contributed by atoms with Crippen LogP contribution < -0.4 is 14.8 Å². The van der Waals surface area contributed by atoms with Crippen LogP contribution in [0.1, 0.15) is 24.2 Å². The number of hydrogen-bond acceptors (Lipinski definition) is 6. The van der Waals surface area contributed by atoms with Crippen molar-refractivity contribution < 1.29 is 23.8 Å². The molecule has 0 radical (unpaired) electrons. The first-order chi connectivity index (χ1) is 14.6. The molecule has 1 heterocycles. The number of rotatable bonds is 9. The molecule has 1 aromatic heterocycles. The average Bonchev–Trinajstić information content (AvgIpc) is 3.29. The van der Waals surface area contributed by atoms with Crippen LogP contribution in [0.2, 0.25) is 0 Å². The lowest BCUT2D eigenvalue weighted by molar-refractivity contribution is -0.119. The van der Waals surface area contributed by atoms with Gasteiger partial charge in [0, 0.05) is 24.1 Å². The van der Waals surface area contributed by atoms with Gasteiger partial charge in [-0.1, -0.05) is 0 Å². The van der Waals surface area contributed by atoms with Gasteiger partial charge in [-0.25, -0.2) is 9.48 Å². The average molecular weight is 409 g/mol. The third-order valence-electron chi connectivity index (χ3n) is 4.03. The van der Waals surface area contributed by atoms with Crippen molar-refractivity contribution in [3.63, 3.8) is 0 Å². The summed E-state index contributed by atoms with van der Waals surface area (Å²) in [6.45, 7) is 4.31. The van der Waals surface area contributed by atoms with Gasteiger partial charge in [0.1, 0.15) is 0 Å². The van der Waals surface area contributed by atoms with Gasteiger partial charge in [0.25, 0.3) is 5.91 Å². The molecular formula is C22H23N3O5. The number of nitrogens with zero attached hydrogens (tertiary/aromatic N) is 2. The standard InChI is InChI=1S/C22H23N3O5/c1-3-28-19-11-8-17(14-20(19)29-4-2)24-21(26)15-30-22(27)16-6-9-18(10-7-16)25-13-5-12-23-25/h5-14H,3-4,15H2,1-2H3,(H,24,26). The second-order valence-corrected chi connectivity index (χ2v) is 6.15. The Morgan fingerprint density at radius 1 is 1.00 bits per heavy atom. The summed E-state index contributed by atoms with van der Waals surface area (Å²) in [4.78, 5) is 24.4. The van der Waals surface area contributed by atoms with E-state index in [0.29, 0.717) is 36.0 Å². The number of benzene rings is 2. The number of carbonyl (C=O) groups excluding carboxylic acids is 2. The van der Waals surface area contributed by atoms with E-state index in [1.807, 2.05) is 19.9 Å². The summed E-state index contributed by atoms with van der Waals surface area (Å²) >= 11 is 0. The molecule has 3 rings (SSSR count). The quantitative estimate of drug-likeness (QED) is 0.544. The molecule has 8 heteroatoms. The Morgan fingerprint density at radius 3 is 2.40 bits per heavy atom. The molecular weight excluding hydrogens is 386 g/mol. The molecule has 0 atom stereocenters. The maximum absolute atomic E-state index is 12.2. The zero-order valence-corrected chi connectivity index (χ0v) is 16.8. The number of ether oxygens (including phenoxy) is 3. The van der Waals surface area contributed by atoms with Crippen molar-refractivity contribution in [3.8, 4) is 17.2 Å². The van der Waals surface area contributed by atoms with E-state index in [0.717, 1.165) is 5.69 Å². The summed E-state index contributed by atoms with van der Waals surface area (Å²) in [5, 5.41) is 6.81. The van der Waals surface area contributed by atoms with Gasteiger partial charge in [0.05, 0.1) is 24.5 Å². The largest absolute Gasteiger partial charge is 0.490 e. The number of amides is 1. The van der Waals surface area contributed by atoms with Crippen LogP contribution in [0.3, 0.4) is 0 Å². The van der Waals surface area contributed by atoms with Crippen LogP contribution in [0.5, 0.6) is 11.5 Å². The van der Waals surface area contributed by atoms with E-state index in [2.05, 4.69) is 10.4 Å². The topological polar surface area (TPSA) is 91.7 Å². The lowest BCUT2D eigenvalue weighted by Gasteiger charge is -2.13.